The zero-order chi connectivity index (χ0) is 12.5. The molecule has 2 heteroatoms. The Morgan fingerprint density at radius 3 is 2.28 bits per heavy atom. The number of nitrogens with zero attached hydrogens (tertiary/aromatic N) is 1. The molecule has 0 atom stereocenters. The Hall–Kier alpha value is -2.35. The van der Waals surface area contributed by atoms with Crippen LogP contribution >= 0.6 is 0 Å². The Morgan fingerprint density at radius 1 is 0.889 bits per heavy atom. The van der Waals surface area contributed by atoms with Gasteiger partial charge in [0.05, 0.1) is 11.9 Å². The highest BCUT2D eigenvalue weighted by Gasteiger charge is 2.07. The second kappa shape index (κ2) is 4.15. The van der Waals surface area contributed by atoms with E-state index in [0.29, 0.717) is 0 Å². The second-order valence-electron chi connectivity index (χ2n) is 4.40. The molecule has 0 saturated heterocycles. The number of hydrogen-bond acceptors (Lipinski definition) is 2. The van der Waals surface area contributed by atoms with Crippen LogP contribution in [0.2, 0.25) is 0 Å². The van der Waals surface area contributed by atoms with Gasteiger partial charge in [0.15, 0.2) is 0 Å². The minimum atomic E-state index is 0.224. The SMILES string of the molecule is Cc1ccc(-c2ncc(O)c3ccccc23)cc1. The molecule has 0 radical (unpaired) electrons. The summed E-state index contributed by atoms with van der Waals surface area (Å²) in [6.45, 7) is 2.06. The van der Waals surface area contributed by atoms with E-state index in [1.807, 2.05) is 24.3 Å². The number of benzene rings is 2. The van der Waals surface area contributed by atoms with E-state index in [9.17, 15) is 5.11 Å². The molecule has 0 amide bonds. The molecule has 0 aliphatic carbocycles. The maximum atomic E-state index is 9.82. The van der Waals surface area contributed by atoms with Crippen molar-refractivity contribution in [1.82, 2.24) is 4.98 Å². The van der Waals surface area contributed by atoms with Crippen LogP contribution in [0, 0.1) is 6.92 Å². The lowest BCUT2D eigenvalue weighted by atomic mass is 10.0. The first-order valence-electron chi connectivity index (χ1n) is 5.89. The summed E-state index contributed by atoms with van der Waals surface area (Å²) in [5.74, 6) is 0.224. The molecule has 3 rings (SSSR count). The van der Waals surface area contributed by atoms with Crippen molar-refractivity contribution in [1.29, 1.82) is 0 Å². The van der Waals surface area contributed by atoms with Crippen LogP contribution < -0.4 is 0 Å². The lowest BCUT2D eigenvalue weighted by molar-refractivity contribution is 0.479. The van der Waals surface area contributed by atoms with Gasteiger partial charge in [-0.25, -0.2) is 0 Å². The first-order chi connectivity index (χ1) is 8.75. The van der Waals surface area contributed by atoms with Gasteiger partial charge in [0.25, 0.3) is 0 Å². The highest BCUT2D eigenvalue weighted by molar-refractivity contribution is 5.97. The van der Waals surface area contributed by atoms with Crippen LogP contribution in [0.5, 0.6) is 5.75 Å². The summed E-state index contributed by atoms with van der Waals surface area (Å²) in [6, 6.07) is 16.0. The Labute approximate surface area is 106 Å². The third-order valence-corrected chi connectivity index (χ3v) is 3.10. The highest BCUT2D eigenvalue weighted by atomic mass is 16.3. The van der Waals surface area contributed by atoms with Crippen molar-refractivity contribution < 1.29 is 5.11 Å². The van der Waals surface area contributed by atoms with Gasteiger partial charge >= 0.3 is 0 Å². The predicted octanol–water partition coefficient (Wildman–Crippen LogP) is 3.92. The van der Waals surface area contributed by atoms with Crippen LogP contribution in [0.25, 0.3) is 22.0 Å². The molecule has 0 spiro atoms. The second-order valence-corrected chi connectivity index (χ2v) is 4.40. The fourth-order valence-electron chi connectivity index (χ4n) is 2.12. The van der Waals surface area contributed by atoms with Gasteiger partial charge in [-0.2, -0.15) is 0 Å². The first kappa shape index (κ1) is 10.8. The smallest absolute Gasteiger partial charge is 0.141 e. The number of hydrogen-bond donors (Lipinski definition) is 1. The van der Waals surface area contributed by atoms with Crippen LogP contribution in [0.15, 0.2) is 54.7 Å². The van der Waals surface area contributed by atoms with E-state index in [1.54, 1.807) is 0 Å². The summed E-state index contributed by atoms with van der Waals surface area (Å²) < 4.78 is 0. The topological polar surface area (TPSA) is 33.1 Å². The van der Waals surface area contributed by atoms with Gasteiger partial charge < -0.3 is 5.11 Å². The maximum Gasteiger partial charge on any atom is 0.141 e. The highest BCUT2D eigenvalue weighted by Crippen LogP contribution is 2.31. The van der Waals surface area contributed by atoms with Crippen LogP contribution in [0.4, 0.5) is 0 Å². The minimum absolute atomic E-state index is 0.224. The Bertz CT molecular complexity index is 702. The summed E-state index contributed by atoms with van der Waals surface area (Å²) in [7, 11) is 0. The Kier molecular flexibility index (Phi) is 2.49. The largest absolute Gasteiger partial charge is 0.506 e. The van der Waals surface area contributed by atoms with Crippen molar-refractivity contribution in [2.75, 3.05) is 0 Å². The number of fused-ring (bicyclic) bond motifs is 1. The summed E-state index contributed by atoms with van der Waals surface area (Å²) in [6.07, 6.45) is 1.51. The summed E-state index contributed by atoms with van der Waals surface area (Å²) in [5, 5.41) is 11.6. The number of rotatable bonds is 1. The molecule has 3 aromatic rings. The maximum absolute atomic E-state index is 9.82. The molecular formula is C16H13NO. The molecular weight excluding hydrogens is 222 g/mol. The number of aromatic hydroxyl groups is 1. The van der Waals surface area contributed by atoms with E-state index in [4.69, 9.17) is 0 Å². The lowest BCUT2D eigenvalue weighted by Crippen LogP contribution is -1.86. The van der Waals surface area contributed by atoms with Gasteiger partial charge in [0.2, 0.25) is 0 Å². The molecule has 0 unspecified atom stereocenters. The van der Waals surface area contributed by atoms with Crippen LogP contribution in [-0.2, 0) is 0 Å². The van der Waals surface area contributed by atoms with Gasteiger partial charge in [0.1, 0.15) is 5.75 Å². The van der Waals surface area contributed by atoms with Crippen molar-refractivity contribution in [3.63, 3.8) is 0 Å². The molecule has 18 heavy (non-hydrogen) atoms. The van der Waals surface area contributed by atoms with Gasteiger partial charge in [-0.15, -0.1) is 0 Å². The zero-order valence-electron chi connectivity index (χ0n) is 10.1. The van der Waals surface area contributed by atoms with E-state index in [2.05, 4.69) is 36.2 Å². The van der Waals surface area contributed by atoms with Crippen molar-refractivity contribution in [3.05, 3.63) is 60.3 Å². The molecule has 0 bridgehead atoms. The molecule has 2 nitrogen and oxygen atoms in total. The van der Waals surface area contributed by atoms with Crippen LogP contribution in [-0.4, -0.2) is 10.1 Å². The average molecular weight is 235 g/mol. The van der Waals surface area contributed by atoms with Gasteiger partial charge in [-0.05, 0) is 6.92 Å². The average Bonchev–Trinajstić information content (AvgIpc) is 2.41. The Balaban J connectivity index is 2.30. The molecule has 2 aromatic carbocycles. The van der Waals surface area contributed by atoms with Crippen molar-refractivity contribution in [2.45, 2.75) is 6.92 Å². The number of pyridine rings is 1. The van der Waals surface area contributed by atoms with E-state index < -0.39 is 0 Å². The third kappa shape index (κ3) is 1.72. The molecule has 1 N–H and O–H groups in total. The Morgan fingerprint density at radius 2 is 1.56 bits per heavy atom. The molecule has 0 fully saturated rings. The zero-order valence-corrected chi connectivity index (χ0v) is 10.1. The fourth-order valence-corrected chi connectivity index (χ4v) is 2.12. The fraction of sp³-hybridized carbons (Fsp3) is 0.0625. The third-order valence-electron chi connectivity index (χ3n) is 3.10. The number of aromatic nitrogens is 1. The van der Waals surface area contributed by atoms with Crippen molar-refractivity contribution in [3.8, 4) is 17.0 Å². The normalized spacial score (nSPS) is 10.7. The molecule has 0 saturated carbocycles. The van der Waals surface area contributed by atoms with Gasteiger partial charge in [-0.1, -0.05) is 54.1 Å². The standard InChI is InChI=1S/C16H13NO/c1-11-6-8-12(9-7-11)16-14-5-3-2-4-13(14)15(18)10-17-16/h2-10,18H,1H3. The van der Waals surface area contributed by atoms with Gasteiger partial charge in [0, 0.05) is 16.3 Å². The number of aryl methyl sites for hydroxylation is 1. The quantitative estimate of drug-likeness (QED) is 0.693. The molecule has 0 aliphatic heterocycles. The lowest BCUT2D eigenvalue weighted by Gasteiger charge is -2.07. The van der Waals surface area contributed by atoms with E-state index in [0.717, 1.165) is 22.0 Å². The molecule has 0 aliphatic rings. The van der Waals surface area contributed by atoms with Gasteiger partial charge in [-0.3, -0.25) is 4.98 Å². The van der Waals surface area contributed by atoms with Crippen LogP contribution in [0.1, 0.15) is 5.56 Å². The van der Waals surface area contributed by atoms with E-state index >= 15 is 0 Å². The van der Waals surface area contributed by atoms with E-state index in [-0.39, 0.29) is 5.75 Å². The monoisotopic (exact) mass is 235 g/mol. The van der Waals surface area contributed by atoms with Crippen molar-refractivity contribution >= 4 is 10.8 Å². The summed E-state index contributed by atoms with van der Waals surface area (Å²) in [5.41, 5.74) is 3.20. The summed E-state index contributed by atoms with van der Waals surface area (Å²) in [4.78, 5) is 4.36. The minimum Gasteiger partial charge on any atom is -0.506 e. The molecule has 88 valence electrons. The van der Waals surface area contributed by atoms with Crippen LogP contribution in [0.3, 0.4) is 0 Å². The first-order valence-corrected chi connectivity index (χ1v) is 5.89. The van der Waals surface area contributed by atoms with Crippen molar-refractivity contribution in [2.24, 2.45) is 0 Å². The van der Waals surface area contributed by atoms with E-state index in [1.165, 1.54) is 11.8 Å². The summed E-state index contributed by atoms with van der Waals surface area (Å²) >= 11 is 0. The molecule has 1 aromatic heterocycles. The predicted molar refractivity (Wildman–Crippen MR) is 73.6 cm³/mol. The molecule has 1 heterocycles.